The fourth-order valence-electron chi connectivity index (χ4n) is 4.93. The Bertz CT molecular complexity index is 441. The molecule has 0 aromatic rings. The molecule has 0 saturated carbocycles. The van der Waals surface area contributed by atoms with E-state index in [1.165, 1.54) is 83.5 Å². The second kappa shape index (κ2) is 21.4. The van der Waals surface area contributed by atoms with E-state index in [0.717, 1.165) is 57.8 Å². The molecular formula is C28H59O4P. The van der Waals surface area contributed by atoms with Gasteiger partial charge in [0.2, 0.25) is 0 Å². The van der Waals surface area contributed by atoms with Gasteiger partial charge in [0.25, 0.3) is 0 Å². The third-order valence-corrected chi connectivity index (χ3v) is 7.57. The molecule has 2 N–H and O–H groups in total. The SMILES string of the molecule is CCCCCCCCCCC(CCCCCCCCCC)(CCCCC(C)C)OP(=O)(O)O. The molecule has 0 saturated heterocycles. The van der Waals surface area contributed by atoms with Crippen LogP contribution in [0.3, 0.4) is 0 Å². The zero-order chi connectivity index (χ0) is 24.8. The molecule has 0 bridgehead atoms. The van der Waals surface area contributed by atoms with E-state index in [1.807, 2.05) is 0 Å². The highest BCUT2D eigenvalue weighted by atomic mass is 31.2. The van der Waals surface area contributed by atoms with Crippen LogP contribution in [-0.4, -0.2) is 15.4 Å². The lowest BCUT2D eigenvalue weighted by molar-refractivity contribution is 0.00520. The molecule has 0 aliphatic carbocycles. The van der Waals surface area contributed by atoms with Crippen molar-refractivity contribution in [2.45, 2.75) is 175 Å². The van der Waals surface area contributed by atoms with Crippen LogP contribution in [0.15, 0.2) is 0 Å². The summed E-state index contributed by atoms with van der Waals surface area (Å²) in [6.45, 7) is 8.96. The molecule has 0 aromatic heterocycles. The highest BCUT2D eigenvalue weighted by Gasteiger charge is 2.36. The molecule has 0 fully saturated rings. The molecule has 0 rings (SSSR count). The van der Waals surface area contributed by atoms with Crippen LogP contribution in [0.5, 0.6) is 0 Å². The third-order valence-electron chi connectivity index (χ3n) is 6.95. The molecule has 200 valence electrons. The van der Waals surface area contributed by atoms with Crippen LogP contribution in [0.1, 0.15) is 169 Å². The molecule has 0 aliphatic heterocycles. The second-order valence-corrected chi connectivity index (χ2v) is 12.0. The van der Waals surface area contributed by atoms with E-state index in [9.17, 15) is 14.4 Å². The zero-order valence-electron chi connectivity index (χ0n) is 22.8. The van der Waals surface area contributed by atoms with E-state index in [1.54, 1.807) is 0 Å². The molecule has 0 atom stereocenters. The predicted molar refractivity (Wildman–Crippen MR) is 144 cm³/mol. The van der Waals surface area contributed by atoms with E-state index in [4.69, 9.17) is 4.52 Å². The Morgan fingerprint density at radius 2 is 0.939 bits per heavy atom. The van der Waals surface area contributed by atoms with Crippen molar-refractivity contribution >= 4 is 7.82 Å². The van der Waals surface area contributed by atoms with Crippen LogP contribution in [-0.2, 0) is 9.09 Å². The first-order chi connectivity index (χ1) is 15.7. The Labute approximate surface area is 207 Å². The van der Waals surface area contributed by atoms with Gasteiger partial charge in [-0.25, -0.2) is 4.57 Å². The quantitative estimate of drug-likeness (QED) is 0.0986. The maximum absolute atomic E-state index is 11.9. The van der Waals surface area contributed by atoms with E-state index in [0.29, 0.717) is 5.92 Å². The first-order valence-corrected chi connectivity index (χ1v) is 16.0. The number of hydrogen-bond acceptors (Lipinski definition) is 2. The van der Waals surface area contributed by atoms with Crippen molar-refractivity contribution in [1.29, 1.82) is 0 Å². The van der Waals surface area contributed by atoms with Gasteiger partial charge >= 0.3 is 7.82 Å². The van der Waals surface area contributed by atoms with Gasteiger partial charge in [-0.1, -0.05) is 150 Å². The van der Waals surface area contributed by atoms with Crippen molar-refractivity contribution in [3.05, 3.63) is 0 Å². The van der Waals surface area contributed by atoms with Crippen LogP contribution in [0, 0.1) is 5.92 Å². The highest BCUT2D eigenvalue weighted by Crippen LogP contribution is 2.47. The van der Waals surface area contributed by atoms with Gasteiger partial charge in [0, 0.05) is 0 Å². The summed E-state index contributed by atoms with van der Waals surface area (Å²) in [6, 6.07) is 0. The van der Waals surface area contributed by atoms with Crippen LogP contribution < -0.4 is 0 Å². The summed E-state index contributed by atoms with van der Waals surface area (Å²) in [4.78, 5) is 19.5. The molecule has 4 nitrogen and oxygen atoms in total. The van der Waals surface area contributed by atoms with Gasteiger partial charge in [-0.05, 0) is 25.2 Å². The number of hydrogen-bond donors (Lipinski definition) is 2. The molecule has 0 amide bonds. The van der Waals surface area contributed by atoms with E-state index in [-0.39, 0.29) is 0 Å². The number of phosphoric ester groups is 1. The molecule has 0 unspecified atom stereocenters. The van der Waals surface area contributed by atoms with Crippen molar-refractivity contribution in [1.82, 2.24) is 0 Å². The lowest BCUT2D eigenvalue weighted by Crippen LogP contribution is -2.32. The number of phosphoric acid groups is 1. The summed E-state index contributed by atoms with van der Waals surface area (Å²) in [7, 11) is -4.50. The molecule has 33 heavy (non-hydrogen) atoms. The standard InChI is InChI=1S/C28H59O4P/c1-5-7-9-11-13-15-17-20-24-28(32-33(29,30)31,26-22-19-23-27(3)4)25-21-18-16-14-12-10-8-6-2/h27H,5-26H2,1-4H3,(H2,29,30,31). The van der Waals surface area contributed by atoms with E-state index in [2.05, 4.69) is 27.7 Å². The predicted octanol–water partition coefficient (Wildman–Crippen LogP) is 10.1. The Morgan fingerprint density at radius 1 is 0.606 bits per heavy atom. The molecule has 0 spiro atoms. The number of rotatable bonds is 25. The van der Waals surface area contributed by atoms with Gasteiger partial charge in [-0.2, -0.15) is 0 Å². The minimum atomic E-state index is -4.50. The van der Waals surface area contributed by atoms with Crippen LogP contribution in [0.4, 0.5) is 0 Å². The Morgan fingerprint density at radius 3 is 1.27 bits per heavy atom. The van der Waals surface area contributed by atoms with E-state index < -0.39 is 13.4 Å². The minimum absolute atomic E-state index is 0.652. The van der Waals surface area contributed by atoms with Gasteiger partial charge in [0.15, 0.2) is 0 Å². The largest absolute Gasteiger partial charge is 0.470 e. The maximum atomic E-state index is 11.9. The number of unbranched alkanes of at least 4 members (excludes halogenated alkanes) is 15. The monoisotopic (exact) mass is 490 g/mol. The molecule has 5 heteroatoms. The lowest BCUT2D eigenvalue weighted by atomic mass is 9.84. The maximum Gasteiger partial charge on any atom is 0.470 e. The van der Waals surface area contributed by atoms with Crippen molar-refractivity contribution in [3.63, 3.8) is 0 Å². The van der Waals surface area contributed by atoms with Crippen LogP contribution in [0.2, 0.25) is 0 Å². The van der Waals surface area contributed by atoms with Crippen molar-refractivity contribution < 1.29 is 18.9 Å². The Hall–Kier alpha value is 0.110. The van der Waals surface area contributed by atoms with E-state index >= 15 is 0 Å². The smallest absolute Gasteiger partial charge is 0.303 e. The summed E-state index contributed by atoms with van der Waals surface area (Å²) in [5.41, 5.74) is -0.652. The average molecular weight is 491 g/mol. The van der Waals surface area contributed by atoms with Crippen LogP contribution >= 0.6 is 7.82 Å². The minimum Gasteiger partial charge on any atom is -0.303 e. The highest BCUT2D eigenvalue weighted by molar-refractivity contribution is 7.46. The molecule has 0 aromatic carbocycles. The van der Waals surface area contributed by atoms with Gasteiger partial charge in [0.1, 0.15) is 0 Å². The summed E-state index contributed by atoms with van der Waals surface area (Å²) in [5, 5.41) is 0. The van der Waals surface area contributed by atoms with Crippen LogP contribution in [0.25, 0.3) is 0 Å². The first kappa shape index (κ1) is 33.1. The molecular weight excluding hydrogens is 431 g/mol. The van der Waals surface area contributed by atoms with Crippen molar-refractivity contribution in [3.8, 4) is 0 Å². The topological polar surface area (TPSA) is 66.8 Å². The normalized spacial score (nSPS) is 12.7. The van der Waals surface area contributed by atoms with Gasteiger partial charge in [0.05, 0.1) is 5.60 Å². The average Bonchev–Trinajstić information content (AvgIpc) is 2.74. The van der Waals surface area contributed by atoms with Crippen molar-refractivity contribution in [2.75, 3.05) is 0 Å². The lowest BCUT2D eigenvalue weighted by Gasteiger charge is -2.34. The summed E-state index contributed by atoms with van der Waals surface area (Å²) in [6.07, 6.45) is 25.4. The second-order valence-electron chi connectivity index (χ2n) is 10.9. The summed E-state index contributed by atoms with van der Waals surface area (Å²) in [5.74, 6) is 0.669. The fraction of sp³-hybridized carbons (Fsp3) is 1.00. The Kier molecular flexibility index (Phi) is 21.5. The fourth-order valence-corrected chi connectivity index (χ4v) is 5.70. The summed E-state index contributed by atoms with van der Waals surface area (Å²) < 4.78 is 17.5. The van der Waals surface area contributed by atoms with Gasteiger partial charge in [-0.15, -0.1) is 0 Å². The zero-order valence-corrected chi connectivity index (χ0v) is 23.7. The van der Waals surface area contributed by atoms with Crippen molar-refractivity contribution in [2.24, 2.45) is 5.92 Å². The third kappa shape index (κ3) is 22.3. The first-order valence-electron chi connectivity index (χ1n) is 14.5. The summed E-state index contributed by atoms with van der Waals surface area (Å²) >= 11 is 0. The van der Waals surface area contributed by atoms with Gasteiger partial charge < -0.3 is 9.79 Å². The Balaban J connectivity index is 4.72. The molecule has 0 radical (unpaired) electrons. The van der Waals surface area contributed by atoms with Gasteiger partial charge in [-0.3, -0.25) is 4.52 Å². The molecule has 0 heterocycles. The molecule has 0 aliphatic rings.